The molecule has 0 atom stereocenters. The van der Waals surface area contributed by atoms with E-state index in [1.165, 1.54) is 28.8 Å². The van der Waals surface area contributed by atoms with Crippen molar-refractivity contribution in [1.29, 1.82) is 0 Å². The van der Waals surface area contributed by atoms with Gasteiger partial charge in [0.15, 0.2) is 0 Å². The summed E-state index contributed by atoms with van der Waals surface area (Å²) in [6.45, 7) is 0.502. The largest absolute Gasteiger partial charge is 0.342 e. The fraction of sp³-hybridized carbons (Fsp3) is 0.100. The summed E-state index contributed by atoms with van der Waals surface area (Å²) in [7, 11) is 1.68. The van der Waals surface area contributed by atoms with Crippen LogP contribution in [0.2, 0.25) is 5.02 Å². The summed E-state index contributed by atoms with van der Waals surface area (Å²) in [5.74, 6) is -0.452. The number of likely N-dealkylation sites (N-methyl/N-ethyl adjacent to an activating group) is 1. The Labute approximate surface area is 170 Å². The molecule has 2 heterocycles. The third kappa shape index (κ3) is 3.40. The monoisotopic (exact) mass is 416 g/mol. The number of hydrogen-bond donors (Lipinski definition) is 0. The van der Waals surface area contributed by atoms with Crippen molar-refractivity contribution >= 4 is 62.8 Å². The lowest BCUT2D eigenvalue weighted by Crippen LogP contribution is -2.22. The van der Waals surface area contributed by atoms with E-state index in [-0.39, 0.29) is 11.7 Å². The molecule has 0 saturated carbocycles. The van der Waals surface area contributed by atoms with Gasteiger partial charge < -0.3 is 4.57 Å². The minimum Gasteiger partial charge on any atom is -0.342 e. The normalized spacial score (nSPS) is 16.1. The molecule has 136 valence electrons. The molecule has 7 heteroatoms. The molecule has 1 aliphatic heterocycles. The van der Waals surface area contributed by atoms with Gasteiger partial charge in [-0.05, 0) is 29.8 Å². The van der Waals surface area contributed by atoms with Crippen LogP contribution in [-0.2, 0) is 11.3 Å². The topological polar surface area (TPSA) is 25.2 Å². The van der Waals surface area contributed by atoms with Crippen molar-refractivity contribution in [3.8, 4) is 0 Å². The third-order valence-electron chi connectivity index (χ3n) is 4.45. The van der Waals surface area contributed by atoms with Crippen LogP contribution < -0.4 is 0 Å². The zero-order valence-corrected chi connectivity index (χ0v) is 16.7. The number of fused-ring (bicyclic) bond motifs is 1. The smallest absolute Gasteiger partial charge is 0.265 e. The fourth-order valence-corrected chi connectivity index (χ4v) is 4.44. The average molecular weight is 417 g/mol. The van der Waals surface area contributed by atoms with Crippen LogP contribution in [0.25, 0.3) is 17.0 Å². The van der Waals surface area contributed by atoms with Crippen molar-refractivity contribution in [1.82, 2.24) is 9.47 Å². The van der Waals surface area contributed by atoms with E-state index in [9.17, 15) is 9.18 Å². The summed E-state index contributed by atoms with van der Waals surface area (Å²) < 4.78 is 15.9. The van der Waals surface area contributed by atoms with Gasteiger partial charge in [0.1, 0.15) is 10.1 Å². The Hall–Kier alpha value is -2.15. The molecule has 2 aromatic carbocycles. The van der Waals surface area contributed by atoms with Crippen LogP contribution in [0.5, 0.6) is 0 Å². The highest BCUT2D eigenvalue weighted by atomic mass is 35.5. The number of thiocarbonyl (C=S) groups is 1. The number of thioether (sulfide) groups is 1. The molecule has 1 aliphatic rings. The molecule has 0 radical (unpaired) electrons. The van der Waals surface area contributed by atoms with Crippen LogP contribution in [0.3, 0.4) is 0 Å². The van der Waals surface area contributed by atoms with E-state index in [2.05, 4.69) is 0 Å². The number of carbonyl (C=O) groups excluding carboxylic acids is 1. The van der Waals surface area contributed by atoms with Crippen molar-refractivity contribution in [3.05, 3.63) is 75.5 Å². The first-order chi connectivity index (χ1) is 12.9. The van der Waals surface area contributed by atoms with Crippen LogP contribution >= 0.6 is 35.6 Å². The number of rotatable bonds is 3. The number of halogens is 2. The van der Waals surface area contributed by atoms with Crippen LogP contribution in [0.15, 0.2) is 53.6 Å². The summed E-state index contributed by atoms with van der Waals surface area (Å²) in [6, 6.07) is 12.3. The predicted octanol–water partition coefficient (Wildman–Crippen LogP) is 5.31. The van der Waals surface area contributed by atoms with Gasteiger partial charge in [-0.1, -0.05) is 59.8 Å². The van der Waals surface area contributed by atoms with E-state index in [0.29, 0.717) is 20.8 Å². The summed E-state index contributed by atoms with van der Waals surface area (Å²) in [5.41, 5.74) is 2.76. The second-order valence-electron chi connectivity index (χ2n) is 6.21. The Kier molecular flexibility index (Phi) is 4.80. The lowest BCUT2D eigenvalue weighted by atomic mass is 10.1. The third-order valence-corrected chi connectivity index (χ3v) is 6.28. The number of para-hydroxylation sites is 1. The average Bonchev–Trinajstić information content (AvgIpc) is 3.11. The van der Waals surface area contributed by atoms with Crippen molar-refractivity contribution in [2.24, 2.45) is 0 Å². The minimum absolute atomic E-state index is 0.0941. The second kappa shape index (κ2) is 7.11. The van der Waals surface area contributed by atoms with E-state index < -0.39 is 0 Å². The molecule has 0 spiro atoms. The lowest BCUT2D eigenvalue weighted by Gasteiger charge is -2.07. The van der Waals surface area contributed by atoms with Gasteiger partial charge >= 0.3 is 0 Å². The summed E-state index contributed by atoms with van der Waals surface area (Å²) >= 11 is 12.7. The maximum Gasteiger partial charge on any atom is 0.265 e. The Morgan fingerprint density at radius 2 is 2.04 bits per heavy atom. The highest BCUT2D eigenvalue weighted by Gasteiger charge is 2.29. The van der Waals surface area contributed by atoms with Gasteiger partial charge in [0.05, 0.1) is 4.91 Å². The lowest BCUT2D eigenvalue weighted by molar-refractivity contribution is -0.121. The van der Waals surface area contributed by atoms with Crippen molar-refractivity contribution < 1.29 is 9.18 Å². The highest BCUT2D eigenvalue weighted by molar-refractivity contribution is 8.26. The maximum atomic E-state index is 13.3. The molecule has 3 nitrogen and oxygen atoms in total. The molecule has 3 aromatic rings. The Bertz CT molecular complexity index is 1120. The molecule has 27 heavy (non-hydrogen) atoms. The number of nitrogens with zero attached hydrogens (tertiary/aromatic N) is 2. The van der Waals surface area contributed by atoms with Crippen LogP contribution in [-0.4, -0.2) is 26.7 Å². The Balaban J connectivity index is 1.78. The molecular formula is C20H14ClFN2OS2. The molecule has 1 fully saturated rings. The number of amides is 1. The predicted molar refractivity (Wildman–Crippen MR) is 113 cm³/mol. The number of benzene rings is 2. The molecule has 1 amide bonds. The van der Waals surface area contributed by atoms with Gasteiger partial charge in [-0.25, -0.2) is 4.39 Å². The maximum absolute atomic E-state index is 13.3. The zero-order chi connectivity index (χ0) is 19.1. The van der Waals surface area contributed by atoms with E-state index in [4.69, 9.17) is 23.8 Å². The zero-order valence-electron chi connectivity index (χ0n) is 14.3. The van der Waals surface area contributed by atoms with Gasteiger partial charge in [-0.2, -0.15) is 0 Å². The molecule has 4 rings (SSSR count). The van der Waals surface area contributed by atoms with Crippen molar-refractivity contribution in [3.63, 3.8) is 0 Å². The van der Waals surface area contributed by atoms with Crippen LogP contribution in [0, 0.1) is 5.82 Å². The number of hydrogen-bond acceptors (Lipinski definition) is 3. The van der Waals surface area contributed by atoms with Gasteiger partial charge in [0, 0.05) is 41.3 Å². The first-order valence-electron chi connectivity index (χ1n) is 8.17. The molecule has 1 saturated heterocycles. The van der Waals surface area contributed by atoms with Gasteiger partial charge in [-0.3, -0.25) is 9.69 Å². The highest BCUT2D eigenvalue weighted by Crippen LogP contribution is 2.33. The minimum atomic E-state index is -0.358. The molecule has 0 aliphatic carbocycles. The molecule has 0 unspecified atom stereocenters. The Morgan fingerprint density at radius 3 is 2.74 bits per heavy atom. The number of carbonyl (C=O) groups is 1. The Morgan fingerprint density at radius 1 is 1.26 bits per heavy atom. The SMILES string of the molecule is CN1C(=O)/C(=C\c2cn(Cc3ccc(F)cc3Cl)c3ccccc23)SC1=S. The quantitative estimate of drug-likeness (QED) is 0.427. The fourth-order valence-electron chi connectivity index (χ4n) is 3.04. The first-order valence-corrected chi connectivity index (χ1v) is 9.77. The van der Waals surface area contributed by atoms with Gasteiger partial charge in [0.25, 0.3) is 5.91 Å². The van der Waals surface area contributed by atoms with Gasteiger partial charge in [0.2, 0.25) is 0 Å². The molecular weight excluding hydrogens is 403 g/mol. The first kappa shape index (κ1) is 18.2. The van der Waals surface area contributed by atoms with E-state index in [0.717, 1.165) is 22.0 Å². The molecule has 0 N–H and O–H groups in total. The van der Waals surface area contributed by atoms with E-state index in [1.54, 1.807) is 13.1 Å². The standard InChI is InChI=1S/C20H14ClFN2OS2/c1-23-19(25)18(27-20(23)26)8-13-11-24(17-5-3-2-4-15(13)17)10-12-6-7-14(22)9-16(12)21/h2-9,11H,10H2,1H3/b18-8+. The van der Waals surface area contributed by atoms with E-state index in [1.807, 2.05) is 41.1 Å². The van der Waals surface area contributed by atoms with Crippen LogP contribution in [0.4, 0.5) is 4.39 Å². The van der Waals surface area contributed by atoms with Crippen molar-refractivity contribution in [2.45, 2.75) is 6.54 Å². The second-order valence-corrected chi connectivity index (χ2v) is 8.29. The van der Waals surface area contributed by atoms with Crippen molar-refractivity contribution in [2.75, 3.05) is 7.05 Å². The number of aromatic nitrogens is 1. The van der Waals surface area contributed by atoms with E-state index >= 15 is 0 Å². The van der Waals surface area contributed by atoms with Crippen LogP contribution in [0.1, 0.15) is 11.1 Å². The molecule has 0 bridgehead atoms. The summed E-state index contributed by atoms with van der Waals surface area (Å²) in [6.07, 6.45) is 3.85. The molecule has 1 aromatic heterocycles. The summed E-state index contributed by atoms with van der Waals surface area (Å²) in [4.78, 5) is 14.4. The summed E-state index contributed by atoms with van der Waals surface area (Å²) in [5, 5.41) is 1.42. The van der Waals surface area contributed by atoms with Gasteiger partial charge in [-0.15, -0.1) is 0 Å².